The van der Waals surface area contributed by atoms with Gasteiger partial charge in [0.25, 0.3) is 0 Å². The summed E-state index contributed by atoms with van der Waals surface area (Å²) < 4.78 is 1.17. The number of thiazole rings is 1. The van der Waals surface area contributed by atoms with E-state index in [9.17, 15) is 0 Å². The van der Waals surface area contributed by atoms with Crippen molar-refractivity contribution >= 4 is 32.4 Å². The minimum absolute atomic E-state index is 0.808. The molecule has 3 rings (SSSR count). The average Bonchev–Trinajstić information content (AvgIpc) is 3.04. The summed E-state index contributed by atoms with van der Waals surface area (Å²) in [7, 11) is 2.12. The van der Waals surface area contributed by atoms with Gasteiger partial charge in [0, 0.05) is 25.8 Å². The molecule has 2 N–H and O–H groups in total. The molecule has 19 heavy (non-hydrogen) atoms. The second-order valence-corrected chi connectivity index (χ2v) is 6.20. The molecule has 0 bridgehead atoms. The topological polar surface area (TPSA) is 45.4 Å². The first-order valence-corrected chi connectivity index (χ1v) is 7.63. The molecule has 0 aliphatic carbocycles. The third-order valence-corrected chi connectivity index (χ3v) is 4.81. The van der Waals surface area contributed by atoms with Gasteiger partial charge in [-0.2, -0.15) is 0 Å². The van der Waals surface area contributed by atoms with E-state index in [1.54, 1.807) is 11.3 Å². The van der Waals surface area contributed by atoms with Gasteiger partial charge in [0.05, 0.1) is 10.2 Å². The van der Waals surface area contributed by atoms with Crippen LogP contribution in [0.4, 0.5) is 10.8 Å². The number of nitrogen functional groups attached to an aromatic ring is 1. The molecule has 1 aliphatic rings. The zero-order valence-corrected chi connectivity index (χ0v) is 12.1. The van der Waals surface area contributed by atoms with Gasteiger partial charge in [-0.25, -0.2) is 4.98 Å². The van der Waals surface area contributed by atoms with Crippen molar-refractivity contribution in [3.8, 4) is 0 Å². The Morgan fingerprint density at radius 2 is 2.16 bits per heavy atom. The van der Waals surface area contributed by atoms with Crippen LogP contribution >= 0.6 is 11.3 Å². The highest BCUT2D eigenvalue weighted by atomic mass is 32.1. The second-order valence-electron chi connectivity index (χ2n) is 5.19. The number of nitrogens with zero attached hydrogens (tertiary/aromatic N) is 3. The summed E-state index contributed by atoms with van der Waals surface area (Å²) >= 11 is 1.72. The molecule has 1 fully saturated rings. The first kappa shape index (κ1) is 12.7. The Morgan fingerprint density at radius 1 is 1.37 bits per heavy atom. The van der Waals surface area contributed by atoms with Crippen molar-refractivity contribution in [2.75, 3.05) is 43.9 Å². The predicted octanol–water partition coefficient (Wildman–Crippen LogP) is 2.41. The predicted molar refractivity (Wildman–Crippen MR) is 83.0 cm³/mol. The summed E-state index contributed by atoms with van der Waals surface area (Å²) in [6.45, 7) is 4.68. The number of likely N-dealkylation sites (N-methyl/N-ethyl adjacent to an activating group) is 1. The summed E-state index contributed by atoms with van der Waals surface area (Å²) in [5.41, 5.74) is 7.66. The zero-order chi connectivity index (χ0) is 13.2. The zero-order valence-electron chi connectivity index (χ0n) is 11.3. The van der Waals surface area contributed by atoms with Crippen LogP contribution in [-0.2, 0) is 0 Å². The van der Waals surface area contributed by atoms with Gasteiger partial charge in [-0.05, 0) is 44.1 Å². The van der Waals surface area contributed by atoms with E-state index in [0.717, 1.165) is 29.4 Å². The summed E-state index contributed by atoms with van der Waals surface area (Å²) in [5, 5.41) is 1.08. The van der Waals surface area contributed by atoms with E-state index in [0.29, 0.717) is 0 Å². The number of anilines is 2. The molecule has 1 aromatic heterocycles. The fourth-order valence-electron chi connectivity index (χ4n) is 2.49. The van der Waals surface area contributed by atoms with E-state index in [-0.39, 0.29) is 0 Å². The summed E-state index contributed by atoms with van der Waals surface area (Å²) in [6, 6.07) is 5.92. The molecule has 0 saturated carbocycles. The Hall–Kier alpha value is -1.33. The summed E-state index contributed by atoms with van der Waals surface area (Å²) in [4.78, 5) is 9.45. The monoisotopic (exact) mass is 276 g/mol. The number of benzene rings is 1. The molecule has 1 aliphatic heterocycles. The highest BCUT2D eigenvalue weighted by molar-refractivity contribution is 7.22. The largest absolute Gasteiger partial charge is 0.399 e. The van der Waals surface area contributed by atoms with Crippen molar-refractivity contribution in [2.45, 2.75) is 12.8 Å². The number of rotatable bonds is 4. The molecule has 1 saturated heterocycles. The minimum atomic E-state index is 0.808. The first-order chi connectivity index (χ1) is 9.22. The molecule has 0 unspecified atom stereocenters. The Kier molecular flexibility index (Phi) is 3.57. The number of likely N-dealkylation sites (tertiary alicyclic amines) is 1. The second kappa shape index (κ2) is 5.35. The van der Waals surface area contributed by atoms with Crippen molar-refractivity contribution in [1.82, 2.24) is 9.88 Å². The molecule has 1 aromatic carbocycles. The maximum Gasteiger partial charge on any atom is 0.186 e. The molecule has 5 heteroatoms. The van der Waals surface area contributed by atoms with Gasteiger partial charge in [-0.15, -0.1) is 0 Å². The van der Waals surface area contributed by atoms with E-state index in [4.69, 9.17) is 5.73 Å². The first-order valence-electron chi connectivity index (χ1n) is 6.82. The smallest absolute Gasteiger partial charge is 0.186 e. The molecule has 4 nitrogen and oxygen atoms in total. The van der Waals surface area contributed by atoms with E-state index in [1.807, 2.05) is 18.2 Å². The lowest BCUT2D eigenvalue weighted by Crippen LogP contribution is -2.31. The van der Waals surface area contributed by atoms with Gasteiger partial charge in [0.1, 0.15) is 0 Å². The molecule has 0 spiro atoms. The third kappa shape index (κ3) is 2.82. The van der Waals surface area contributed by atoms with Gasteiger partial charge in [0.2, 0.25) is 0 Å². The Labute approximate surface area is 117 Å². The quantitative estimate of drug-likeness (QED) is 0.871. The maximum atomic E-state index is 5.81. The number of hydrogen-bond acceptors (Lipinski definition) is 5. The molecule has 2 aromatic rings. The van der Waals surface area contributed by atoms with E-state index < -0.39 is 0 Å². The SMILES string of the molecule is CN(CCN1CCCC1)c1nc2ccc(N)cc2s1. The molecular weight excluding hydrogens is 256 g/mol. The van der Waals surface area contributed by atoms with Gasteiger partial charge >= 0.3 is 0 Å². The van der Waals surface area contributed by atoms with Crippen LogP contribution in [0.1, 0.15) is 12.8 Å². The highest BCUT2D eigenvalue weighted by Gasteiger charge is 2.13. The van der Waals surface area contributed by atoms with Crippen molar-refractivity contribution < 1.29 is 0 Å². The fraction of sp³-hybridized carbons (Fsp3) is 0.500. The lowest BCUT2D eigenvalue weighted by atomic mass is 10.3. The van der Waals surface area contributed by atoms with Crippen LogP contribution in [0.3, 0.4) is 0 Å². The molecule has 2 heterocycles. The Morgan fingerprint density at radius 3 is 2.95 bits per heavy atom. The van der Waals surface area contributed by atoms with Crippen molar-refractivity contribution in [1.29, 1.82) is 0 Å². The summed E-state index contributed by atoms with van der Waals surface area (Å²) in [6.07, 6.45) is 2.70. The maximum absolute atomic E-state index is 5.81. The normalized spacial score (nSPS) is 16.3. The Bertz CT molecular complexity index is 560. The highest BCUT2D eigenvalue weighted by Crippen LogP contribution is 2.29. The fourth-order valence-corrected chi connectivity index (χ4v) is 3.49. The van der Waals surface area contributed by atoms with Crippen LogP contribution in [0.2, 0.25) is 0 Å². The van der Waals surface area contributed by atoms with Crippen LogP contribution in [0.25, 0.3) is 10.2 Å². The molecule has 0 amide bonds. The lowest BCUT2D eigenvalue weighted by molar-refractivity contribution is 0.346. The van der Waals surface area contributed by atoms with Gasteiger partial charge in [-0.3, -0.25) is 0 Å². The number of hydrogen-bond donors (Lipinski definition) is 1. The van der Waals surface area contributed by atoms with Crippen LogP contribution in [-0.4, -0.2) is 43.1 Å². The molecule has 102 valence electrons. The van der Waals surface area contributed by atoms with Gasteiger partial charge in [-0.1, -0.05) is 11.3 Å². The van der Waals surface area contributed by atoms with Crippen molar-refractivity contribution in [2.24, 2.45) is 0 Å². The van der Waals surface area contributed by atoms with E-state index in [1.165, 1.54) is 30.6 Å². The van der Waals surface area contributed by atoms with Gasteiger partial charge < -0.3 is 15.5 Å². The van der Waals surface area contributed by atoms with Gasteiger partial charge in [0.15, 0.2) is 5.13 Å². The number of aromatic nitrogens is 1. The van der Waals surface area contributed by atoms with Crippen LogP contribution < -0.4 is 10.6 Å². The van der Waals surface area contributed by atoms with Crippen LogP contribution in [0.15, 0.2) is 18.2 Å². The Balaban J connectivity index is 1.68. The lowest BCUT2D eigenvalue weighted by Gasteiger charge is -2.20. The molecular formula is C14H20N4S. The van der Waals surface area contributed by atoms with Crippen LogP contribution in [0, 0.1) is 0 Å². The third-order valence-electron chi connectivity index (χ3n) is 3.68. The molecule has 0 radical (unpaired) electrons. The molecule has 0 atom stereocenters. The van der Waals surface area contributed by atoms with E-state index >= 15 is 0 Å². The average molecular weight is 276 g/mol. The van der Waals surface area contributed by atoms with Crippen molar-refractivity contribution in [3.05, 3.63) is 18.2 Å². The van der Waals surface area contributed by atoms with Crippen molar-refractivity contribution in [3.63, 3.8) is 0 Å². The standard InChI is InChI=1S/C14H20N4S/c1-17(8-9-18-6-2-3-7-18)14-16-12-5-4-11(15)10-13(12)19-14/h4-5,10H,2-3,6-9,15H2,1H3. The summed E-state index contributed by atoms with van der Waals surface area (Å²) in [5.74, 6) is 0. The van der Waals surface area contributed by atoms with Crippen LogP contribution in [0.5, 0.6) is 0 Å². The number of fused-ring (bicyclic) bond motifs is 1. The number of nitrogens with two attached hydrogens (primary N) is 1. The minimum Gasteiger partial charge on any atom is -0.399 e. The van der Waals surface area contributed by atoms with E-state index in [2.05, 4.69) is 21.8 Å².